The van der Waals surface area contributed by atoms with E-state index in [-0.39, 0.29) is 17.9 Å². The molecule has 114 valence electrons. The lowest BCUT2D eigenvalue weighted by Crippen LogP contribution is -2.34. The van der Waals surface area contributed by atoms with Crippen LogP contribution in [0.2, 0.25) is 0 Å². The first-order valence-corrected chi connectivity index (χ1v) is 8.51. The Kier molecular flexibility index (Phi) is 3.43. The molecule has 2 aliphatic carbocycles. The van der Waals surface area contributed by atoms with E-state index in [0.717, 1.165) is 37.5 Å². The highest BCUT2D eigenvalue weighted by Crippen LogP contribution is 2.49. The van der Waals surface area contributed by atoms with Gasteiger partial charge in [0.1, 0.15) is 12.2 Å². The molecule has 3 unspecified atom stereocenters. The lowest BCUT2D eigenvalue weighted by atomic mass is 9.85. The molecule has 1 amide bonds. The third-order valence-electron chi connectivity index (χ3n) is 5.57. The van der Waals surface area contributed by atoms with Gasteiger partial charge < -0.3 is 5.32 Å². The van der Waals surface area contributed by atoms with Gasteiger partial charge in [-0.25, -0.2) is 9.67 Å². The summed E-state index contributed by atoms with van der Waals surface area (Å²) in [7, 11) is 0. The average molecular weight is 288 g/mol. The molecule has 2 fully saturated rings. The smallest absolute Gasteiger partial charge is 0.223 e. The highest BCUT2D eigenvalue weighted by molar-refractivity contribution is 5.81. The van der Waals surface area contributed by atoms with E-state index in [1.165, 1.54) is 32.1 Å². The predicted molar refractivity (Wildman–Crippen MR) is 78.3 cm³/mol. The number of fused-ring (bicyclic) bond motifs is 1. The number of amides is 1. The highest BCUT2D eigenvalue weighted by atomic mass is 16.2. The Morgan fingerprint density at radius 2 is 2.05 bits per heavy atom. The number of hydrogen-bond acceptors (Lipinski definition) is 3. The maximum atomic E-state index is 12.5. The lowest BCUT2D eigenvalue weighted by Gasteiger charge is -2.24. The fourth-order valence-electron chi connectivity index (χ4n) is 4.30. The zero-order chi connectivity index (χ0) is 14.2. The molecular weight excluding hydrogens is 264 g/mol. The fraction of sp³-hybridized carbons (Fsp3) is 0.812. The second-order valence-electron chi connectivity index (χ2n) is 6.95. The van der Waals surface area contributed by atoms with Gasteiger partial charge in [0, 0.05) is 12.5 Å². The van der Waals surface area contributed by atoms with Gasteiger partial charge in [-0.3, -0.25) is 4.79 Å². The number of aromatic nitrogens is 3. The van der Waals surface area contributed by atoms with Crippen molar-refractivity contribution in [3.63, 3.8) is 0 Å². The van der Waals surface area contributed by atoms with Crippen molar-refractivity contribution < 1.29 is 4.79 Å². The molecule has 2 saturated carbocycles. The van der Waals surface area contributed by atoms with E-state index in [1.807, 2.05) is 4.68 Å². The molecule has 1 N–H and O–H groups in total. The van der Waals surface area contributed by atoms with Gasteiger partial charge in [-0.1, -0.05) is 32.1 Å². The van der Waals surface area contributed by atoms with E-state index in [0.29, 0.717) is 5.92 Å². The minimum Gasteiger partial charge on any atom is -0.346 e. The molecule has 0 radical (unpaired) electrons. The molecule has 4 rings (SSSR count). The summed E-state index contributed by atoms with van der Waals surface area (Å²) in [6, 6.07) is 0.0707. The van der Waals surface area contributed by atoms with Crippen LogP contribution in [0.3, 0.4) is 0 Å². The van der Waals surface area contributed by atoms with Gasteiger partial charge in [0.15, 0.2) is 0 Å². The van der Waals surface area contributed by atoms with Gasteiger partial charge in [0.05, 0.1) is 6.04 Å². The number of nitrogens with zero attached hydrogens (tertiary/aromatic N) is 3. The summed E-state index contributed by atoms with van der Waals surface area (Å²) >= 11 is 0. The van der Waals surface area contributed by atoms with Crippen molar-refractivity contribution in [1.29, 1.82) is 0 Å². The highest BCUT2D eigenvalue weighted by Gasteiger charge is 2.47. The van der Waals surface area contributed by atoms with E-state index >= 15 is 0 Å². The van der Waals surface area contributed by atoms with Crippen LogP contribution in [-0.2, 0) is 11.3 Å². The first-order chi connectivity index (χ1) is 10.3. The minimum absolute atomic E-state index is 0.0707. The standard InChI is InChI=1S/C16H24N4O/c21-16(13-9-12(13)11-5-2-1-3-6-11)19-14-7-4-8-20-15(14)17-10-18-20/h10-14H,1-9H2,(H,19,21). The Balaban J connectivity index is 1.35. The molecule has 5 heteroatoms. The zero-order valence-electron chi connectivity index (χ0n) is 12.5. The minimum atomic E-state index is 0.0707. The molecule has 0 saturated heterocycles. The van der Waals surface area contributed by atoms with E-state index < -0.39 is 0 Å². The SMILES string of the molecule is O=C(NC1CCCn2ncnc21)C1CC1C1CCCCC1. The summed E-state index contributed by atoms with van der Waals surface area (Å²) in [6.45, 7) is 0.926. The Labute approximate surface area is 125 Å². The molecule has 21 heavy (non-hydrogen) atoms. The van der Waals surface area contributed by atoms with Crippen LogP contribution >= 0.6 is 0 Å². The molecule has 3 atom stereocenters. The van der Waals surface area contributed by atoms with Gasteiger partial charge in [-0.15, -0.1) is 0 Å². The molecule has 3 aliphatic rings. The molecule has 0 spiro atoms. The molecule has 1 aromatic rings. The van der Waals surface area contributed by atoms with Gasteiger partial charge in [-0.2, -0.15) is 5.10 Å². The van der Waals surface area contributed by atoms with Crippen LogP contribution in [0.4, 0.5) is 0 Å². The van der Waals surface area contributed by atoms with Crippen LogP contribution in [-0.4, -0.2) is 20.7 Å². The third kappa shape index (κ3) is 2.58. The maximum Gasteiger partial charge on any atom is 0.223 e. The quantitative estimate of drug-likeness (QED) is 0.929. The molecule has 1 aliphatic heterocycles. The maximum absolute atomic E-state index is 12.5. The molecule has 1 aromatic heterocycles. The molecule has 2 heterocycles. The number of rotatable bonds is 3. The fourth-order valence-corrected chi connectivity index (χ4v) is 4.30. The summed E-state index contributed by atoms with van der Waals surface area (Å²) in [5.41, 5.74) is 0. The number of aryl methyl sites for hydroxylation is 1. The van der Waals surface area contributed by atoms with Gasteiger partial charge in [0.25, 0.3) is 0 Å². The van der Waals surface area contributed by atoms with Crippen molar-refractivity contribution in [2.24, 2.45) is 17.8 Å². The summed E-state index contributed by atoms with van der Waals surface area (Å²) in [5, 5.41) is 7.45. The van der Waals surface area contributed by atoms with Crippen molar-refractivity contribution >= 4 is 5.91 Å². The molecular formula is C16H24N4O. The van der Waals surface area contributed by atoms with Crippen molar-refractivity contribution in [1.82, 2.24) is 20.1 Å². The monoisotopic (exact) mass is 288 g/mol. The molecule has 0 bridgehead atoms. The molecule has 0 aromatic carbocycles. The number of hydrogen-bond donors (Lipinski definition) is 1. The second kappa shape index (κ2) is 5.43. The number of carbonyl (C=O) groups is 1. The lowest BCUT2D eigenvalue weighted by molar-refractivity contribution is -0.123. The Morgan fingerprint density at radius 1 is 1.19 bits per heavy atom. The number of nitrogens with one attached hydrogen (secondary N) is 1. The first kappa shape index (κ1) is 13.3. The Bertz CT molecular complexity index is 520. The van der Waals surface area contributed by atoms with Crippen LogP contribution in [0.5, 0.6) is 0 Å². The molecule has 5 nitrogen and oxygen atoms in total. The second-order valence-corrected chi connectivity index (χ2v) is 6.95. The zero-order valence-corrected chi connectivity index (χ0v) is 12.5. The average Bonchev–Trinajstić information content (AvgIpc) is 3.18. The Morgan fingerprint density at radius 3 is 2.90 bits per heavy atom. The van der Waals surface area contributed by atoms with Crippen molar-refractivity contribution in [3.8, 4) is 0 Å². The van der Waals surface area contributed by atoms with Gasteiger partial charge >= 0.3 is 0 Å². The third-order valence-corrected chi connectivity index (χ3v) is 5.57. The topological polar surface area (TPSA) is 59.8 Å². The largest absolute Gasteiger partial charge is 0.346 e. The van der Waals surface area contributed by atoms with E-state index in [4.69, 9.17) is 0 Å². The van der Waals surface area contributed by atoms with Crippen LogP contribution in [0, 0.1) is 17.8 Å². The van der Waals surface area contributed by atoms with Crippen molar-refractivity contribution in [2.45, 2.75) is 64.0 Å². The van der Waals surface area contributed by atoms with Crippen LogP contribution in [0.25, 0.3) is 0 Å². The van der Waals surface area contributed by atoms with Crippen molar-refractivity contribution in [3.05, 3.63) is 12.2 Å². The van der Waals surface area contributed by atoms with Crippen molar-refractivity contribution in [2.75, 3.05) is 0 Å². The van der Waals surface area contributed by atoms with Crippen LogP contribution < -0.4 is 5.32 Å². The van der Waals surface area contributed by atoms with E-state index in [2.05, 4.69) is 15.4 Å². The first-order valence-electron chi connectivity index (χ1n) is 8.51. The van der Waals surface area contributed by atoms with E-state index in [1.54, 1.807) is 6.33 Å². The summed E-state index contributed by atoms with van der Waals surface area (Å²) in [4.78, 5) is 16.8. The Hall–Kier alpha value is -1.39. The van der Waals surface area contributed by atoms with E-state index in [9.17, 15) is 4.79 Å². The summed E-state index contributed by atoms with van der Waals surface area (Å²) in [6.07, 6.45) is 11.6. The van der Waals surface area contributed by atoms with Gasteiger partial charge in [-0.05, 0) is 31.1 Å². The normalized spacial score (nSPS) is 32.5. The van der Waals surface area contributed by atoms with Crippen LogP contribution in [0.15, 0.2) is 6.33 Å². The summed E-state index contributed by atoms with van der Waals surface area (Å²) in [5.74, 6) is 2.93. The van der Waals surface area contributed by atoms with Gasteiger partial charge in [0.2, 0.25) is 5.91 Å². The summed E-state index contributed by atoms with van der Waals surface area (Å²) < 4.78 is 1.93. The number of carbonyl (C=O) groups excluding carboxylic acids is 1. The van der Waals surface area contributed by atoms with Crippen LogP contribution in [0.1, 0.15) is 63.2 Å². The predicted octanol–water partition coefficient (Wildman–Crippen LogP) is 2.45.